The van der Waals surface area contributed by atoms with Gasteiger partial charge in [0.05, 0.1) is 17.8 Å². The molecular weight excluding hydrogens is 278 g/mol. The summed E-state index contributed by atoms with van der Waals surface area (Å²) in [7, 11) is 1.62. The fourth-order valence-electron chi connectivity index (χ4n) is 1.62. The Labute approximate surface area is 123 Å². The largest absolute Gasteiger partial charge is 0.497 e. The molecule has 0 aliphatic heterocycles. The molecule has 0 unspecified atom stereocenters. The van der Waals surface area contributed by atoms with Gasteiger partial charge in [0, 0.05) is 12.1 Å². The van der Waals surface area contributed by atoms with Gasteiger partial charge < -0.3 is 19.9 Å². The Bertz CT molecular complexity index is 575. The van der Waals surface area contributed by atoms with Gasteiger partial charge in [-0.25, -0.2) is 0 Å². The summed E-state index contributed by atoms with van der Waals surface area (Å²) in [5.41, 5.74) is 6.19. The Kier molecular flexibility index (Phi) is 4.96. The zero-order valence-electron chi connectivity index (χ0n) is 11.1. The third kappa shape index (κ3) is 3.96. The van der Waals surface area contributed by atoms with Crippen molar-refractivity contribution in [1.82, 2.24) is 0 Å². The number of nitrogen functional groups attached to an aromatic ring is 1. The molecule has 2 rings (SSSR count). The van der Waals surface area contributed by atoms with Crippen molar-refractivity contribution in [2.75, 3.05) is 26.1 Å². The standard InChI is InChI=1S/C15H16ClNO3/c1-18-11-3-2-4-12(9-11)19-7-8-20-13-5-6-14(16)15(17)10-13/h2-6,9-10H,7-8,17H2,1H3. The Morgan fingerprint density at radius 1 is 0.950 bits per heavy atom. The molecule has 0 spiro atoms. The zero-order chi connectivity index (χ0) is 14.4. The summed E-state index contributed by atoms with van der Waals surface area (Å²) in [5.74, 6) is 2.17. The molecule has 0 aliphatic rings. The Hall–Kier alpha value is -2.07. The molecule has 0 fully saturated rings. The van der Waals surface area contributed by atoms with Crippen molar-refractivity contribution in [3.05, 3.63) is 47.5 Å². The topological polar surface area (TPSA) is 53.7 Å². The van der Waals surface area contributed by atoms with Gasteiger partial charge in [0.15, 0.2) is 0 Å². The summed E-state index contributed by atoms with van der Waals surface area (Å²) in [6, 6.07) is 12.6. The normalized spacial score (nSPS) is 10.1. The first kappa shape index (κ1) is 14.3. The lowest BCUT2D eigenvalue weighted by molar-refractivity contribution is 0.216. The van der Waals surface area contributed by atoms with Crippen LogP contribution in [0.4, 0.5) is 5.69 Å². The van der Waals surface area contributed by atoms with E-state index in [1.165, 1.54) is 0 Å². The van der Waals surface area contributed by atoms with Crippen molar-refractivity contribution in [2.45, 2.75) is 0 Å². The van der Waals surface area contributed by atoms with Gasteiger partial charge in [0.1, 0.15) is 30.5 Å². The van der Waals surface area contributed by atoms with E-state index in [-0.39, 0.29) is 0 Å². The van der Waals surface area contributed by atoms with E-state index in [0.29, 0.717) is 29.7 Å². The molecule has 4 nitrogen and oxygen atoms in total. The summed E-state index contributed by atoms with van der Waals surface area (Å²) in [6.07, 6.45) is 0. The van der Waals surface area contributed by atoms with Crippen LogP contribution in [0.2, 0.25) is 5.02 Å². The van der Waals surface area contributed by atoms with Crippen LogP contribution in [0.1, 0.15) is 0 Å². The van der Waals surface area contributed by atoms with Crippen molar-refractivity contribution in [2.24, 2.45) is 0 Å². The van der Waals surface area contributed by atoms with Crippen LogP contribution < -0.4 is 19.9 Å². The molecule has 0 heterocycles. The number of halogens is 1. The smallest absolute Gasteiger partial charge is 0.123 e. The summed E-state index contributed by atoms with van der Waals surface area (Å²) in [4.78, 5) is 0. The number of methoxy groups -OCH3 is 1. The van der Waals surface area contributed by atoms with Crippen LogP contribution in [-0.2, 0) is 0 Å². The third-order valence-electron chi connectivity index (χ3n) is 2.63. The molecule has 2 aromatic rings. The van der Waals surface area contributed by atoms with E-state index in [1.54, 1.807) is 25.3 Å². The predicted octanol–water partition coefficient (Wildman–Crippen LogP) is 3.39. The van der Waals surface area contributed by atoms with Gasteiger partial charge in [-0.15, -0.1) is 0 Å². The van der Waals surface area contributed by atoms with E-state index in [1.807, 2.05) is 24.3 Å². The second-order valence-electron chi connectivity index (χ2n) is 4.06. The van der Waals surface area contributed by atoms with Crippen LogP contribution in [0.3, 0.4) is 0 Å². The minimum atomic E-state index is 0.415. The number of hydrogen-bond acceptors (Lipinski definition) is 4. The minimum Gasteiger partial charge on any atom is -0.497 e. The van der Waals surface area contributed by atoms with Crippen LogP contribution in [0.25, 0.3) is 0 Å². The predicted molar refractivity (Wildman–Crippen MR) is 79.8 cm³/mol. The first-order chi connectivity index (χ1) is 9.69. The van der Waals surface area contributed by atoms with Crippen LogP contribution >= 0.6 is 11.6 Å². The molecule has 5 heteroatoms. The number of anilines is 1. The van der Waals surface area contributed by atoms with Crippen LogP contribution in [0.15, 0.2) is 42.5 Å². The summed E-state index contributed by atoms with van der Waals surface area (Å²) < 4.78 is 16.2. The summed E-state index contributed by atoms with van der Waals surface area (Å²) in [6.45, 7) is 0.841. The molecule has 0 saturated carbocycles. The molecule has 2 aromatic carbocycles. The van der Waals surface area contributed by atoms with E-state index < -0.39 is 0 Å². The highest BCUT2D eigenvalue weighted by Crippen LogP contribution is 2.24. The second-order valence-corrected chi connectivity index (χ2v) is 4.47. The number of hydrogen-bond donors (Lipinski definition) is 1. The number of rotatable bonds is 6. The Balaban J connectivity index is 1.79. The lowest BCUT2D eigenvalue weighted by atomic mass is 10.3. The van der Waals surface area contributed by atoms with Crippen LogP contribution in [0.5, 0.6) is 17.2 Å². The van der Waals surface area contributed by atoms with E-state index >= 15 is 0 Å². The highest BCUT2D eigenvalue weighted by molar-refractivity contribution is 6.33. The van der Waals surface area contributed by atoms with Crippen molar-refractivity contribution in [1.29, 1.82) is 0 Å². The third-order valence-corrected chi connectivity index (χ3v) is 2.97. The van der Waals surface area contributed by atoms with Gasteiger partial charge in [0.2, 0.25) is 0 Å². The lowest BCUT2D eigenvalue weighted by Crippen LogP contribution is -2.09. The Morgan fingerprint density at radius 3 is 2.25 bits per heavy atom. The summed E-state index contributed by atoms with van der Waals surface area (Å²) in [5, 5.41) is 0.519. The average molecular weight is 294 g/mol. The molecule has 0 atom stereocenters. The van der Waals surface area contributed by atoms with E-state index in [9.17, 15) is 0 Å². The average Bonchev–Trinajstić information content (AvgIpc) is 2.47. The fourth-order valence-corrected chi connectivity index (χ4v) is 1.74. The number of benzene rings is 2. The van der Waals surface area contributed by atoms with E-state index in [4.69, 9.17) is 31.5 Å². The number of ether oxygens (including phenoxy) is 3. The first-order valence-electron chi connectivity index (χ1n) is 6.14. The van der Waals surface area contributed by atoms with Gasteiger partial charge in [-0.3, -0.25) is 0 Å². The molecule has 0 aromatic heterocycles. The van der Waals surface area contributed by atoms with Gasteiger partial charge in [-0.2, -0.15) is 0 Å². The molecule has 0 amide bonds. The van der Waals surface area contributed by atoms with Gasteiger partial charge in [-0.1, -0.05) is 17.7 Å². The van der Waals surface area contributed by atoms with Crippen LogP contribution in [-0.4, -0.2) is 20.3 Å². The van der Waals surface area contributed by atoms with Crippen molar-refractivity contribution in [3.8, 4) is 17.2 Å². The monoisotopic (exact) mass is 293 g/mol. The maximum atomic E-state index is 5.83. The molecule has 106 valence electrons. The van der Waals surface area contributed by atoms with E-state index in [2.05, 4.69) is 0 Å². The summed E-state index contributed by atoms with van der Waals surface area (Å²) >= 11 is 5.83. The second kappa shape index (κ2) is 6.91. The molecule has 0 bridgehead atoms. The fraction of sp³-hybridized carbons (Fsp3) is 0.200. The van der Waals surface area contributed by atoms with Crippen molar-refractivity contribution >= 4 is 17.3 Å². The Morgan fingerprint density at radius 2 is 1.60 bits per heavy atom. The molecule has 0 saturated heterocycles. The van der Waals surface area contributed by atoms with E-state index in [0.717, 1.165) is 11.5 Å². The van der Waals surface area contributed by atoms with Gasteiger partial charge in [-0.05, 0) is 24.3 Å². The maximum Gasteiger partial charge on any atom is 0.123 e. The zero-order valence-corrected chi connectivity index (χ0v) is 11.9. The molecule has 20 heavy (non-hydrogen) atoms. The quantitative estimate of drug-likeness (QED) is 0.655. The van der Waals surface area contributed by atoms with Crippen molar-refractivity contribution in [3.63, 3.8) is 0 Å². The van der Waals surface area contributed by atoms with Gasteiger partial charge >= 0.3 is 0 Å². The maximum absolute atomic E-state index is 5.83. The number of nitrogens with two attached hydrogens (primary N) is 1. The first-order valence-corrected chi connectivity index (χ1v) is 6.51. The SMILES string of the molecule is COc1cccc(OCCOc2ccc(Cl)c(N)c2)c1. The minimum absolute atomic E-state index is 0.415. The molecular formula is C15H16ClNO3. The highest BCUT2D eigenvalue weighted by atomic mass is 35.5. The van der Waals surface area contributed by atoms with Crippen molar-refractivity contribution < 1.29 is 14.2 Å². The molecule has 0 radical (unpaired) electrons. The molecule has 2 N–H and O–H groups in total. The van der Waals surface area contributed by atoms with Crippen LogP contribution in [0, 0.1) is 0 Å². The highest BCUT2D eigenvalue weighted by Gasteiger charge is 2.00. The van der Waals surface area contributed by atoms with Gasteiger partial charge in [0.25, 0.3) is 0 Å². The molecule has 0 aliphatic carbocycles. The lowest BCUT2D eigenvalue weighted by Gasteiger charge is -2.10.